The van der Waals surface area contributed by atoms with E-state index in [0.717, 1.165) is 21.3 Å². The Bertz CT molecular complexity index is 1030. The highest BCUT2D eigenvalue weighted by Gasteiger charge is 2.10. The molecule has 0 N–H and O–H groups in total. The summed E-state index contributed by atoms with van der Waals surface area (Å²) in [5.74, 6) is -0.320. The normalized spacial score (nSPS) is 11.7. The molecule has 3 aromatic rings. The standard InChI is InChI=1S/C20H19FN2O2S/c1-4-9-23-17-11-13(2)10-14(3)19(17)26-20(23)22-18(24)12-25-16-7-5-15(21)6-8-16/h4-8,10-11H,1,9,12H2,2-3H3. The van der Waals surface area contributed by atoms with Crippen molar-refractivity contribution in [1.29, 1.82) is 0 Å². The van der Waals surface area contributed by atoms with Crippen molar-refractivity contribution in [3.05, 3.63) is 70.8 Å². The molecule has 0 fully saturated rings. The highest BCUT2D eigenvalue weighted by molar-refractivity contribution is 7.16. The summed E-state index contributed by atoms with van der Waals surface area (Å²) < 4.78 is 21.4. The number of allylic oxidation sites excluding steroid dienone is 1. The number of ether oxygens (including phenoxy) is 1. The van der Waals surface area contributed by atoms with E-state index in [0.29, 0.717) is 17.1 Å². The lowest BCUT2D eigenvalue weighted by Gasteiger charge is -2.04. The first-order valence-corrected chi connectivity index (χ1v) is 8.97. The van der Waals surface area contributed by atoms with Gasteiger partial charge in [0.15, 0.2) is 11.4 Å². The summed E-state index contributed by atoms with van der Waals surface area (Å²) in [6, 6.07) is 9.72. The Labute approximate surface area is 154 Å². The number of thiazole rings is 1. The molecule has 0 saturated carbocycles. The predicted octanol–water partition coefficient (Wildman–Crippen LogP) is 4.15. The van der Waals surface area contributed by atoms with Crippen LogP contribution in [0.25, 0.3) is 10.2 Å². The molecule has 6 heteroatoms. The van der Waals surface area contributed by atoms with Gasteiger partial charge in [0.05, 0.1) is 10.2 Å². The molecule has 1 aromatic heterocycles. The number of carbonyl (C=O) groups excluding carboxylic acids is 1. The van der Waals surface area contributed by atoms with Crippen LogP contribution in [0.1, 0.15) is 11.1 Å². The number of carbonyl (C=O) groups is 1. The summed E-state index contributed by atoms with van der Waals surface area (Å²) in [4.78, 5) is 17.1. The number of aromatic nitrogens is 1. The van der Waals surface area contributed by atoms with E-state index in [-0.39, 0.29) is 12.4 Å². The number of rotatable bonds is 5. The highest BCUT2D eigenvalue weighted by atomic mass is 32.1. The number of amides is 1. The van der Waals surface area contributed by atoms with Crippen molar-refractivity contribution in [2.45, 2.75) is 20.4 Å². The van der Waals surface area contributed by atoms with E-state index in [1.54, 1.807) is 6.08 Å². The van der Waals surface area contributed by atoms with Crippen molar-refractivity contribution in [3.8, 4) is 5.75 Å². The molecule has 2 aromatic carbocycles. The molecular weight excluding hydrogens is 351 g/mol. The van der Waals surface area contributed by atoms with Crippen LogP contribution in [0.15, 0.2) is 54.0 Å². The quantitative estimate of drug-likeness (QED) is 0.633. The maximum absolute atomic E-state index is 12.9. The summed E-state index contributed by atoms with van der Waals surface area (Å²) in [6.45, 7) is 8.24. The number of nitrogens with zero attached hydrogens (tertiary/aromatic N) is 2. The second-order valence-corrected chi connectivity index (χ2v) is 6.94. The molecule has 4 nitrogen and oxygen atoms in total. The number of aryl methyl sites for hydroxylation is 2. The van der Waals surface area contributed by atoms with Crippen LogP contribution in [0, 0.1) is 19.7 Å². The number of hydrogen-bond acceptors (Lipinski definition) is 3. The number of hydrogen-bond donors (Lipinski definition) is 0. The van der Waals surface area contributed by atoms with Crippen molar-refractivity contribution >= 4 is 27.5 Å². The third-order valence-electron chi connectivity index (χ3n) is 3.82. The molecule has 1 heterocycles. The molecule has 0 atom stereocenters. The molecule has 0 radical (unpaired) electrons. The third kappa shape index (κ3) is 3.91. The van der Waals surface area contributed by atoms with E-state index in [1.807, 2.05) is 18.4 Å². The highest BCUT2D eigenvalue weighted by Crippen LogP contribution is 2.23. The van der Waals surface area contributed by atoms with E-state index < -0.39 is 5.91 Å². The Kier molecular flexibility index (Phi) is 5.32. The first kappa shape index (κ1) is 18.1. The van der Waals surface area contributed by atoms with Gasteiger partial charge in [-0.2, -0.15) is 4.99 Å². The number of benzene rings is 2. The average molecular weight is 370 g/mol. The second-order valence-electron chi connectivity index (χ2n) is 5.96. The summed E-state index contributed by atoms with van der Waals surface area (Å²) in [5, 5.41) is 0. The van der Waals surface area contributed by atoms with E-state index in [4.69, 9.17) is 4.74 Å². The Balaban J connectivity index is 1.91. The van der Waals surface area contributed by atoms with Gasteiger partial charge in [-0.1, -0.05) is 23.5 Å². The van der Waals surface area contributed by atoms with Crippen molar-refractivity contribution in [1.82, 2.24) is 4.57 Å². The van der Waals surface area contributed by atoms with Crippen LogP contribution >= 0.6 is 11.3 Å². The topological polar surface area (TPSA) is 43.6 Å². The van der Waals surface area contributed by atoms with Crippen LogP contribution in [0.4, 0.5) is 4.39 Å². The van der Waals surface area contributed by atoms with Gasteiger partial charge in [0.25, 0.3) is 5.91 Å². The summed E-state index contributed by atoms with van der Waals surface area (Å²) in [5.41, 5.74) is 3.35. The molecule has 134 valence electrons. The van der Waals surface area contributed by atoms with E-state index in [1.165, 1.54) is 35.6 Å². The lowest BCUT2D eigenvalue weighted by Crippen LogP contribution is -2.19. The fraction of sp³-hybridized carbons (Fsp3) is 0.200. The van der Waals surface area contributed by atoms with Gasteiger partial charge < -0.3 is 9.30 Å². The second kappa shape index (κ2) is 7.66. The molecular formula is C20H19FN2O2S. The minimum atomic E-state index is -0.395. The van der Waals surface area contributed by atoms with Crippen molar-refractivity contribution in [2.75, 3.05) is 6.61 Å². The van der Waals surface area contributed by atoms with Crippen molar-refractivity contribution in [3.63, 3.8) is 0 Å². The van der Waals surface area contributed by atoms with Gasteiger partial charge in [0.2, 0.25) is 0 Å². The average Bonchev–Trinajstić information content (AvgIpc) is 2.93. The zero-order valence-corrected chi connectivity index (χ0v) is 15.5. The maximum Gasteiger partial charge on any atom is 0.286 e. The zero-order chi connectivity index (χ0) is 18.7. The van der Waals surface area contributed by atoms with E-state index >= 15 is 0 Å². The summed E-state index contributed by atoms with van der Waals surface area (Å²) >= 11 is 1.47. The van der Waals surface area contributed by atoms with Crippen LogP contribution < -0.4 is 9.54 Å². The van der Waals surface area contributed by atoms with Crippen molar-refractivity contribution < 1.29 is 13.9 Å². The molecule has 0 aliphatic heterocycles. The molecule has 3 rings (SSSR count). The van der Waals surface area contributed by atoms with Gasteiger partial charge in [-0.05, 0) is 55.3 Å². The number of halogens is 1. The van der Waals surface area contributed by atoms with Gasteiger partial charge >= 0.3 is 0 Å². The Morgan fingerprint density at radius 1 is 1.31 bits per heavy atom. The largest absolute Gasteiger partial charge is 0.484 e. The van der Waals surface area contributed by atoms with Gasteiger partial charge in [0.1, 0.15) is 11.6 Å². The fourth-order valence-electron chi connectivity index (χ4n) is 2.72. The molecule has 26 heavy (non-hydrogen) atoms. The Morgan fingerprint density at radius 2 is 2.04 bits per heavy atom. The van der Waals surface area contributed by atoms with Crippen LogP contribution in [-0.4, -0.2) is 17.1 Å². The molecule has 0 bridgehead atoms. The minimum Gasteiger partial charge on any atom is -0.484 e. The summed E-state index contributed by atoms with van der Waals surface area (Å²) in [6.07, 6.45) is 1.78. The minimum absolute atomic E-state index is 0.202. The van der Waals surface area contributed by atoms with Gasteiger partial charge in [-0.15, -0.1) is 6.58 Å². The summed E-state index contributed by atoms with van der Waals surface area (Å²) in [7, 11) is 0. The zero-order valence-electron chi connectivity index (χ0n) is 14.7. The SMILES string of the molecule is C=CCn1c(=NC(=O)COc2ccc(F)cc2)sc2c(C)cc(C)cc21. The molecule has 0 spiro atoms. The molecule has 1 amide bonds. The predicted molar refractivity (Wildman–Crippen MR) is 102 cm³/mol. The van der Waals surface area contributed by atoms with E-state index in [9.17, 15) is 9.18 Å². The lowest BCUT2D eigenvalue weighted by atomic mass is 10.1. The van der Waals surface area contributed by atoms with Crippen LogP contribution in [0.2, 0.25) is 0 Å². The van der Waals surface area contributed by atoms with Crippen LogP contribution in [0.3, 0.4) is 0 Å². The van der Waals surface area contributed by atoms with Crippen LogP contribution in [0.5, 0.6) is 5.75 Å². The maximum atomic E-state index is 12.9. The van der Waals surface area contributed by atoms with E-state index in [2.05, 4.69) is 23.7 Å². The Hall–Kier alpha value is -2.73. The van der Waals surface area contributed by atoms with Crippen molar-refractivity contribution in [2.24, 2.45) is 4.99 Å². The molecule has 0 saturated heterocycles. The molecule has 0 unspecified atom stereocenters. The van der Waals surface area contributed by atoms with Crippen LogP contribution in [-0.2, 0) is 11.3 Å². The Morgan fingerprint density at radius 3 is 2.73 bits per heavy atom. The first-order valence-electron chi connectivity index (χ1n) is 8.15. The van der Waals surface area contributed by atoms with Gasteiger partial charge in [0, 0.05) is 6.54 Å². The number of fused-ring (bicyclic) bond motifs is 1. The monoisotopic (exact) mass is 370 g/mol. The van der Waals surface area contributed by atoms with Gasteiger partial charge in [-0.3, -0.25) is 4.79 Å². The third-order valence-corrected chi connectivity index (χ3v) is 5.05. The smallest absolute Gasteiger partial charge is 0.286 e. The first-order chi connectivity index (χ1) is 12.5. The van der Waals surface area contributed by atoms with Gasteiger partial charge in [-0.25, -0.2) is 4.39 Å². The fourth-order valence-corrected chi connectivity index (χ4v) is 3.82. The molecule has 0 aliphatic carbocycles. The lowest BCUT2D eigenvalue weighted by molar-refractivity contribution is -0.120. The molecule has 0 aliphatic rings.